The molecule has 0 aromatic carbocycles. The van der Waals surface area contributed by atoms with Crippen LogP contribution in [0.2, 0.25) is 0 Å². The molecule has 0 bridgehead atoms. The molecule has 0 radical (unpaired) electrons. The van der Waals surface area contributed by atoms with Gasteiger partial charge in [-0.3, -0.25) is 0 Å². The molecule has 6 nitrogen and oxygen atoms in total. The molecule has 6 heteroatoms. The second-order valence-corrected chi connectivity index (χ2v) is 6.99. The van der Waals surface area contributed by atoms with Gasteiger partial charge in [0.15, 0.2) is 0 Å². The Morgan fingerprint density at radius 1 is 1.38 bits per heavy atom. The molecule has 0 saturated heterocycles. The minimum absolute atomic E-state index is 0.105. The van der Waals surface area contributed by atoms with Crippen molar-refractivity contribution in [2.45, 2.75) is 57.1 Å². The zero-order chi connectivity index (χ0) is 17.4. The first kappa shape index (κ1) is 18.8. The van der Waals surface area contributed by atoms with Crippen LogP contribution in [0.15, 0.2) is 22.8 Å². The van der Waals surface area contributed by atoms with E-state index < -0.39 is 5.60 Å². The van der Waals surface area contributed by atoms with E-state index >= 15 is 0 Å². The third-order valence-corrected chi connectivity index (χ3v) is 4.82. The predicted molar refractivity (Wildman–Crippen MR) is 93.8 cm³/mol. The van der Waals surface area contributed by atoms with Crippen LogP contribution in [0, 0.1) is 0 Å². The van der Waals surface area contributed by atoms with Gasteiger partial charge in [-0.05, 0) is 51.9 Å². The van der Waals surface area contributed by atoms with Gasteiger partial charge in [-0.15, -0.1) is 0 Å². The van der Waals surface area contributed by atoms with Crippen molar-refractivity contribution in [3.05, 3.63) is 24.2 Å². The van der Waals surface area contributed by atoms with E-state index in [4.69, 9.17) is 4.42 Å². The summed E-state index contributed by atoms with van der Waals surface area (Å²) in [6.45, 7) is 3.35. The van der Waals surface area contributed by atoms with Gasteiger partial charge in [0.1, 0.15) is 11.4 Å². The quantitative estimate of drug-likeness (QED) is 0.637. The summed E-state index contributed by atoms with van der Waals surface area (Å²) in [5, 5.41) is 15.8. The Morgan fingerprint density at radius 2 is 2.12 bits per heavy atom. The molecule has 2 amide bonds. The molecule has 1 fully saturated rings. The number of hydrogen-bond acceptors (Lipinski definition) is 4. The Balaban J connectivity index is 1.58. The number of aliphatic hydroxyl groups is 1. The van der Waals surface area contributed by atoms with Crippen molar-refractivity contribution in [1.82, 2.24) is 15.5 Å². The highest BCUT2D eigenvalue weighted by Gasteiger charge is 2.26. The summed E-state index contributed by atoms with van der Waals surface area (Å²) >= 11 is 0. The van der Waals surface area contributed by atoms with Crippen LogP contribution >= 0.6 is 0 Å². The molecular weight excluding hydrogens is 306 g/mol. The highest BCUT2D eigenvalue weighted by Crippen LogP contribution is 2.21. The first-order valence-corrected chi connectivity index (χ1v) is 8.97. The zero-order valence-electron chi connectivity index (χ0n) is 14.9. The number of rotatable bonds is 8. The number of nitrogens with one attached hydrogen (secondary N) is 2. The summed E-state index contributed by atoms with van der Waals surface area (Å²) in [5.74, 6) is 0.442. The Hall–Kier alpha value is -1.53. The zero-order valence-corrected chi connectivity index (χ0v) is 14.9. The lowest BCUT2D eigenvalue weighted by atomic mass is 9.94. The van der Waals surface area contributed by atoms with E-state index in [-0.39, 0.29) is 12.6 Å². The molecule has 0 spiro atoms. The van der Waals surface area contributed by atoms with Gasteiger partial charge >= 0.3 is 6.03 Å². The maximum absolute atomic E-state index is 11.8. The van der Waals surface area contributed by atoms with Crippen molar-refractivity contribution in [1.29, 1.82) is 0 Å². The van der Waals surface area contributed by atoms with Crippen LogP contribution in [0.3, 0.4) is 0 Å². The first-order valence-electron chi connectivity index (χ1n) is 8.97. The van der Waals surface area contributed by atoms with E-state index in [1.165, 1.54) is 38.4 Å². The lowest BCUT2D eigenvalue weighted by molar-refractivity contribution is 0.0367. The second kappa shape index (κ2) is 9.08. The van der Waals surface area contributed by atoms with Gasteiger partial charge < -0.3 is 25.1 Å². The third kappa shape index (κ3) is 5.83. The van der Waals surface area contributed by atoms with Crippen molar-refractivity contribution in [3.8, 4) is 0 Å². The van der Waals surface area contributed by atoms with Crippen LogP contribution in [-0.2, 0) is 5.60 Å². The predicted octanol–water partition coefficient (Wildman–Crippen LogP) is 2.44. The molecule has 1 unspecified atom stereocenters. The molecule has 1 aromatic heterocycles. The molecule has 1 heterocycles. The monoisotopic (exact) mass is 337 g/mol. The normalized spacial score (nSPS) is 18.3. The maximum Gasteiger partial charge on any atom is 0.314 e. The molecule has 1 aliphatic carbocycles. The van der Waals surface area contributed by atoms with Gasteiger partial charge in [-0.2, -0.15) is 0 Å². The fraction of sp³-hybridized carbons (Fsp3) is 0.722. The second-order valence-electron chi connectivity index (χ2n) is 6.99. The Bertz CT molecular complexity index is 482. The van der Waals surface area contributed by atoms with E-state index in [1.807, 2.05) is 0 Å². The van der Waals surface area contributed by atoms with Crippen LogP contribution < -0.4 is 10.6 Å². The fourth-order valence-corrected chi connectivity index (χ4v) is 3.22. The van der Waals surface area contributed by atoms with E-state index in [1.54, 1.807) is 19.1 Å². The molecule has 0 aliphatic heterocycles. The minimum Gasteiger partial charge on any atom is -0.466 e. The van der Waals surface area contributed by atoms with Gasteiger partial charge in [0, 0.05) is 12.6 Å². The van der Waals surface area contributed by atoms with Gasteiger partial charge in [0.2, 0.25) is 0 Å². The summed E-state index contributed by atoms with van der Waals surface area (Å²) < 4.78 is 5.19. The van der Waals surface area contributed by atoms with Crippen molar-refractivity contribution in [2.75, 3.05) is 26.7 Å². The van der Waals surface area contributed by atoms with Crippen LogP contribution in [-0.4, -0.2) is 48.8 Å². The molecule has 1 saturated carbocycles. The summed E-state index contributed by atoms with van der Waals surface area (Å²) in [6, 6.07) is 3.85. The molecule has 1 aromatic rings. The summed E-state index contributed by atoms with van der Waals surface area (Å²) in [5.41, 5.74) is -1.21. The number of nitrogens with zero attached hydrogens (tertiary/aromatic N) is 1. The number of furan rings is 1. The van der Waals surface area contributed by atoms with E-state index in [0.717, 1.165) is 13.0 Å². The highest BCUT2D eigenvalue weighted by atomic mass is 16.4. The number of carbonyl (C=O) groups excluding carboxylic acids is 1. The van der Waals surface area contributed by atoms with Crippen LogP contribution in [0.1, 0.15) is 51.2 Å². The van der Waals surface area contributed by atoms with E-state index in [9.17, 15) is 9.90 Å². The van der Waals surface area contributed by atoms with Crippen molar-refractivity contribution < 1.29 is 14.3 Å². The topological polar surface area (TPSA) is 77.7 Å². The van der Waals surface area contributed by atoms with Crippen LogP contribution in [0.5, 0.6) is 0 Å². The molecule has 1 atom stereocenters. The molecule has 24 heavy (non-hydrogen) atoms. The van der Waals surface area contributed by atoms with Gasteiger partial charge in [0.25, 0.3) is 0 Å². The van der Waals surface area contributed by atoms with Crippen LogP contribution in [0.25, 0.3) is 0 Å². The third-order valence-electron chi connectivity index (χ3n) is 4.82. The lowest BCUT2D eigenvalue weighted by Gasteiger charge is -2.31. The number of hydrogen-bond donors (Lipinski definition) is 3. The minimum atomic E-state index is -1.21. The fourth-order valence-electron chi connectivity index (χ4n) is 3.22. The maximum atomic E-state index is 11.8. The van der Waals surface area contributed by atoms with Crippen molar-refractivity contribution in [2.24, 2.45) is 0 Å². The van der Waals surface area contributed by atoms with Gasteiger partial charge in [0.05, 0.1) is 12.8 Å². The number of urea groups is 1. The van der Waals surface area contributed by atoms with E-state index in [2.05, 4.69) is 22.6 Å². The number of amides is 2. The standard InChI is InChI=1S/C18H31N3O3/c1-18(23,16-10-6-13-24-16)14-20-17(22)19-11-7-12-21(2)15-8-4-3-5-9-15/h6,10,13,15,23H,3-5,7-9,11-12,14H2,1-2H3,(H2,19,20,22). The van der Waals surface area contributed by atoms with Gasteiger partial charge in [-0.25, -0.2) is 4.79 Å². The summed E-state index contributed by atoms with van der Waals surface area (Å²) in [4.78, 5) is 14.2. The van der Waals surface area contributed by atoms with Crippen molar-refractivity contribution in [3.63, 3.8) is 0 Å². The average molecular weight is 337 g/mol. The molecule has 1 aliphatic rings. The molecule has 2 rings (SSSR count). The largest absolute Gasteiger partial charge is 0.466 e. The van der Waals surface area contributed by atoms with Crippen LogP contribution in [0.4, 0.5) is 4.79 Å². The average Bonchev–Trinajstić information content (AvgIpc) is 3.13. The van der Waals surface area contributed by atoms with Gasteiger partial charge in [-0.1, -0.05) is 19.3 Å². The highest BCUT2D eigenvalue weighted by molar-refractivity contribution is 5.73. The molecule has 3 N–H and O–H groups in total. The Kier molecular flexibility index (Phi) is 7.12. The number of carbonyl (C=O) groups is 1. The van der Waals surface area contributed by atoms with E-state index in [0.29, 0.717) is 18.3 Å². The summed E-state index contributed by atoms with van der Waals surface area (Å²) in [7, 11) is 2.18. The SMILES string of the molecule is CN(CCCNC(=O)NCC(C)(O)c1ccco1)C1CCCCC1. The molecule has 136 valence electrons. The Labute approximate surface area is 144 Å². The molecular formula is C18H31N3O3. The first-order chi connectivity index (χ1) is 11.5. The Morgan fingerprint density at radius 3 is 2.79 bits per heavy atom. The smallest absolute Gasteiger partial charge is 0.314 e. The lowest BCUT2D eigenvalue weighted by Crippen LogP contribution is -2.44. The van der Waals surface area contributed by atoms with Crippen molar-refractivity contribution >= 4 is 6.03 Å². The summed E-state index contributed by atoms with van der Waals surface area (Å²) in [6.07, 6.45) is 9.07.